The smallest absolute Gasteiger partial charge is 0.139 e. The largest absolute Gasteiger partial charge is 0.299 e. The van der Waals surface area contributed by atoms with Crippen LogP contribution in [-0.4, -0.2) is 15.6 Å². The summed E-state index contributed by atoms with van der Waals surface area (Å²) in [6.07, 6.45) is 1.97. The highest BCUT2D eigenvalue weighted by molar-refractivity contribution is 9.10. The Morgan fingerprint density at radius 3 is 2.42 bits per heavy atom. The first-order valence-electron chi connectivity index (χ1n) is 6.88. The van der Waals surface area contributed by atoms with Gasteiger partial charge in [-0.25, -0.2) is 0 Å². The topological polar surface area (TPSA) is 34.9 Å². The summed E-state index contributed by atoms with van der Waals surface area (Å²) in [4.78, 5) is 12.2. The van der Waals surface area contributed by atoms with Crippen molar-refractivity contribution in [2.75, 3.05) is 0 Å². The minimum absolute atomic E-state index is 0.175. The number of hydrogen-bond donors (Lipinski definition) is 0. The number of nitrogens with zero attached hydrogens (tertiary/aromatic N) is 2. The van der Waals surface area contributed by atoms with Crippen molar-refractivity contribution >= 4 is 21.7 Å². The van der Waals surface area contributed by atoms with Gasteiger partial charge in [0.05, 0.1) is 15.9 Å². The molecule has 0 aromatic carbocycles. The van der Waals surface area contributed by atoms with Gasteiger partial charge < -0.3 is 0 Å². The van der Waals surface area contributed by atoms with Gasteiger partial charge in [-0.1, -0.05) is 34.6 Å². The van der Waals surface area contributed by atoms with Crippen LogP contribution < -0.4 is 0 Å². The molecule has 0 aliphatic carbocycles. The van der Waals surface area contributed by atoms with Gasteiger partial charge >= 0.3 is 0 Å². The summed E-state index contributed by atoms with van der Waals surface area (Å²) >= 11 is 3.56. The molecular formula is C15H25BrN2O. The molecule has 0 aliphatic heterocycles. The molecule has 19 heavy (non-hydrogen) atoms. The van der Waals surface area contributed by atoms with E-state index in [1.807, 2.05) is 11.7 Å². The zero-order chi connectivity index (χ0) is 14.8. The van der Waals surface area contributed by atoms with Crippen LogP contribution in [0.5, 0.6) is 0 Å². The van der Waals surface area contributed by atoms with Crippen LogP contribution >= 0.6 is 15.9 Å². The first-order chi connectivity index (χ1) is 8.66. The molecule has 0 amide bonds. The lowest BCUT2D eigenvalue weighted by atomic mass is 9.79. The fourth-order valence-electron chi connectivity index (χ4n) is 1.92. The highest BCUT2D eigenvalue weighted by atomic mass is 79.9. The van der Waals surface area contributed by atoms with E-state index < -0.39 is 0 Å². The van der Waals surface area contributed by atoms with Crippen molar-refractivity contribution < 1.29 is 4.79 Å². The predicted octanol–water partition coefficient (Wildman–Crippen LogP) is 3.93. The number of aryl methyl sites for hydroxylation is 2. The van der Waals surface area contributed by atoms with Gasteiger partial charge in [-0.15, -0.1) is 0 Å². The van der Waals surface area contributed by atoms with Crippen LogP contribution in [0.1, 0.15) is 52.4 Å². The maximum absolute atomic E-state index is 12.2. The summed E-state index contributed by atoms with van der Waals surface area (Å²) in [6.45, 7) is 10.8. The Balaban J connectivity index is 2.76. The standard InChI is InChI=1S/C15H25BrN2O/c1-7-12-14(16)13(18(6)17-12)9-11(19)8-10(2)15(3,4)5/h10H,7-9H2,1-6H3. The highest BCUT2D eigenvalue weighted by Crippen LogP contribution is 2.29. The van der Waals surface area contributed by atoms with Gasteiger partial charge in [-0.3, -0.25) is 9.48 Å². The molecule has 0 radical (unpaired) electrons. The van der Waals surface area contributed by atoms with Crippen molar-refractivity contribution in [2.45, 2.75) is 53.9 Å². The Bertz CT molecular complexity index is 457. The number of hydrogen-bond acceptors (Lipinski definition) is 2. The predicted molar refractivity (Wildman–Crippen MR) is 82.2 cm³/mol. The minimum Gasteiger partial charge on any atom is -0.299 e. The second kappa shape index (κ2) is 6.21. The van der Waals surface area contributed by atoms with Crippen LogP contribution in [0.25, 0.3) is 0 Å². The second-order valence-corrected chi connectivity index (χ2v) is 7.16. The van der Waals surface area contributed by atoms with E-state index in [0.717, 1.165) is 22.3 Å². The third-order valence-electron chi connectivity index (χ3n) is 3.88. The summed E-state index contributed by atoms with van der Waals surface area (Å²) in [5.41, 5.74) is 2.19. The summed E-state index contributed by atoms with van der Waals surface area (Å²) in [5.74, 6) is 0.673. The molecule has 1 aromatic rings. The zero-order valence-electron chi connectivity index (χ0n) is 12.9. The van der Waals surface area contributed by atoms with E-state index in [1.165, 1.54) is 0 Å². The molecule has 1 rings (SSSR count). The van der Waals surface area contributed by atoms with Gasteiger partial charge in [-0.2, -0.15) is 5.10 Å². The van der Waals surface area contributed by atoms with E-state index in [-0.39, 0.29) is 11.2 Å². The van der Waals surface area contributed by atoms with Gasteiger partial charge in [0, 0.05) is 19.9 Å². The molecule has 1 aromatic heterocycles. The van der Waals surface area contributed by atoms with E-state index in [4.69, 9.17) is 0 Å². The molecule has 1 heterocycles. The van der Waals surface area contributed by atoms with Crippen LogP contribution in [0.15, 0.2) is 4.47 Å². The van der Waals surface area contributed by atoms with Crippen LogP contribution in [0.3, 0.4) is 0 Å². The highest BCUT2D eigenvalue weighted by Gasteiger charge is 2.24. The Hall–Kier alpha value is -0.640. The van der Waals surface area contributed by atoms with Crippen molar-refractivity contribution in [3.63, 3.8) is 0 Å². The Kier molecular flexibility index (Phi) is 5.36. The Morgan fingerprint density at radius 1 is 1.42 bits per heavy atom. The van der Waals surface area contributed by atoms with Crippen LogP contribution in [-0.2, 0) is 24.7 Å². The van der Waals surface area contributed by atoms with Gasteiger partial charge in [0.25, 0.3) is 0 Å². The third kappa shape index (κ3) is 4.16. The molecule has 0 N–H and O–H groups in total. The number of halogens is 1. The van der Waals surface area contributed by atoms with E-state index in [9.17, 15) is 4.79 Å². The third-order valence-corrected chi connectivity index (χ3v) is 4.80. The number of rotatable bonds is 5. The number of ketones is 1. The molecule has 0 fully saturated rings. The van der Waals surface area contributed by atoms with Gasteiger partial charge in [-0.05, 0) is 33.7 Å². The molecular weight excluding hydrogens is 304 g/mol. The molecule has 0 saturated heterocycles. The lowest BCUT2D eigenvalue weighted by molar-refractivity contribution is -0.120. The number of Topliss-reactive ketones (excluding diaryl/α,β-unsaturated/α-hetero) is 1. The summed E-state index contributed by atoms with van der Waals surface area (Å²) in [5, 5.41) is 4.43. The maximum Gasteiger partial charge on any atom is 0.139 e. The fourth-order valence-corrected chi connectivity index (χ4v) is 2.67. The lowest BCUT2D eigenvalue weighted by Gasteiger charge is -2.26. The molecule has 0 bridgehead atoms. The monoisotopic (exact) mass is 328 g/mol. The lowest BCUT2D eigenvalue weighted by Crippen LogP contribution is -2.21. The first-order valence-corrected chi connectivity index (χ1v) is 7.68. The number of carbonyl (C=O) groups is 1. The summed E-state index contributed by atoms with van der Waals surface area (Å²) < 4.78 is 2.82. The van der Waals surface area contributed by atoms with Crippen molar-refractivity contribution in [1.29, 1.82) is 0 Å². The molecule has 0 spiro atoms. The average molecular weight is 329 g/mol. The zero-order valence-corrected chi connectivity index (χ0v) is 14.5. The maximum atomic E-state index is 12.2. The summed E-state index contributed by atoms with van der Waals surface area (Å²) in [6, 6.07) is 0. The van der Waals surface area contributed by atoms with Gasteiger partial charge in [0.2, 0.25) is 0 Å². The van der Waals surface area contributed by atoms with E-state index in [2.05, 4.69) is 55.6 Å². The number of carbonyl (C=O) groups excluding carboxylic acids is 1. The molecule has 0 saturated carbocycles. The molecule has 3 nitrogen and oxygen atoms in total. The molecule has 108 valence electrons. The number of aromatic nitrogens is 2. The van der Waals surface area contributed by atoms with Crippen LogP contribution in [0.2, 0.25) is 0 Å². The van der Waals surface area contributed by atoms with Crippen molar-refractivity contribution in [3.05, 3.63) is 15.9 Å². The van der Waals surface area contributed by atoms with Crippen molar-refractivity contribution in [1.82, 2.24) is 9.78 Å². The average Bonchev–Trinajstić information content (AvgIpc) is 2.55. The first kappa shape index (κ1) is 16.4. The molecule has 4 heteroatoms. The van der Waals surface area contributed by atoms with Crippen molar-refractivity contribution in [2.24, 2.45) is 18.4 Å². The van der Waals surface area contributed by atoms with Gasteiger partial charge in [0.15, 0.2) is 0 Å². The molecule has 1 atom stereocenters. The van der Waals surface area contributed by atoms with Gasteiger partial charge in [0.1, 0.15) is 5.78 Å². The Labute approximate surface area is 124 Å². The van der Waals surface area contributed by atoms with Crippen LogP contribution in [0, 0.1) is 11.3 Å². The minimum atomic E-state index is 0.175. The Morgan fingerprint density at radius 2 is 2.00 bits per heavy atom. The quantitative estimate of drug-likeness (QED) is 0.820. The molecule has 1 unspecified atom stereocenters. The molecule has 0 aliphatic rings. The summed E-state index contributed by atoms with van der Waals surface area (Å²) in [7, 11) is 1.90. The van der Waals surface area contributed by atoms with Crippen molar-refractivity contribution in [3.8, 4) is 0 Å². The normalized spacial score (nSPS) is 13.6. The van der Waals surface area contributed by atoms with E-state index >= 15 is 0 Å². The van der Waals surface area contributed by atoms with E-state index in [1.54, 1.807) is 0 Å². The SMILES string of the molecule is CCc1nn(C)c(CC(=O)CC(C)C(C)(C)C)c1Br. The van der Waals surface area contributed by atoms with Crippen LogP contribution in [0.4, 0.5) is 0 Å². The second-order valence-electron chi connectivity index (χ2n) is 6.37. The van der Waals surface area contributed by atoms with E-state index in [0.29, 0.717) is 18.8 Å². The fraction of sp³-hybridized carbons (Fsp3) is 0.733.